The van der Waals surface area contributed by atoms with Crippen LogP contribution in [0.5, 0.6) is 0 Å². The van der Waals surface area contributed by atoms with Gasteiger partial charge in [-0.05, 0) is 72.9 Å². The first kappa shape index (κ1) is 30.4. The van der Waals surface area contributed by atoms with Gasteiger partial charge in [-0.15, -0.1) is 12.4 Å². The van der Waals surface area contributed by atoms with Crippen LogP contribution >= 0.6 is 23.9 Å². The van der Waals surface area contributed by atoms with Gasteiger partial charge in [-0.2, -0.15) is 27.5 Å². The molecule has 0 fully saturated rings. The molecule has 0 aliphatic carbocycles. The van der Waals surface area contributed by atoms with Crippen LogP contribution in [-0.2, 0) is 28.5 Å². The lowest BCUT2D eigenvalue weighted by Gasteiger charge is -2.19. The van der Waals surface area contributed by atoms with E-state index in [1.54, 1.807) is 24.4 Å². The van der Waals surface area contributed by atoms with Crippen LogP contribution < -0.4 is 15.7 Å². The summed E-state index contributed by atoms with van der Waals surface area (Å²) < 4.78 is 73.8. The van der Waals surface area contributed by atoms with Crippen LogP contribution in [0.25, 0.3) is 22.5 Å². The number of rotatable bonds is 6. The molecule has 224 valence electrons. The number of nitrogens with one attached hydrogen (secondary N) is 2. The molecule has 6 rings (SSSR count). The van der Waals surface area contributed by atoms with Gasteiger partial charge in [-0.25, -0.2) is 13.4 Å². The normalized spacial score (nSPS) is 13.5. The Kier molecular flexibility index (Phi) is 8.15. The van der Waals surface area contributed by atoms with Crippen LogP contribution in [0.2, 0.25) is 0 Å². The third kappa shape index (κ3) is 6.48. The Morgan fingerprint density at radius 1 is 1.09 bits per heavy atom. The van der Waals surface area contributed by atoms with Crippen molar-refractivity contribution in [3.8, 4) is 22.5 Å². The Balaban J connectivity index is 0.00000368. The molecular weight excluding hydrogens is 625 g/mol. The number of pyridine rings is 2. The van der Waals surface area contributed by atoms with E-state index in [-0.39, 0.29) is 23.8 Å². The van der Waals surface area contributed by atoms with E-state index >= 15 is 0 Å². The lowest BCUT2D eigenvalue weighted by Crippen LogP contribution is -2.17. The fourth-order valence-corrected chi connectivity index (χ4v) is 6.48. The van der Waals surface area contributed by atoms with Crippen molar-refractivity contribution in [3.05, 3.63) is 83.0 Å². The number of fused-ring (bicyclic) bond motifs is 3. The first-order chi connectivity index (χ1) is 19.9. The fraction of sp³-hybridized carbons (Fsp3) is 0.222. The van der Waals surface area contributed by atoms with E-state index in [2.05, 4.69) is 29.4 Å². The number of aryl methyl sites for hydroxylation is 2. The van der Waals surface area contributed by atoms with Crippen molar-refractivity contribution < 1.29 is 21.6 Å². The van der Waals surface area contributed by atoms with Gasteiger partial charge in [-0.1, -0.05) is 6.07 Å². The zero-order chi connectivity index (χ0) is 29.6. The second kappa shape index (κ2) is 11.5. The van der Waals surface area contributed by atoms with Crippen LogP contribution in [0.3, 0.4) is 0 Å². The molecule has 3 aromatic rings. The zero-order valence-corrected chi connectivity index (χ0v) is 25.1. The van der Waals surface area contributed by atoms with Crippen molar-refractivity contribution in [2.75, 3.05) is 16.6 Å². The van der Waals surface area contributed by atoms with Gasteiger partial charge in [0, 0.05) is 42.3 Å². The average molecular weight is 649 g/mol. The first-order valence-corrected chi connectivity index (χ1v) is 15.1. The molecule has 3 aliphatic rings. The molecule has 2 N–H and O–H groups in total. The Morgan fingerprint density at radius 3 is 2.65 bits per heavy atom. The van der Waals surface area contributed by atoms with Gasteiger partial charge in [0.05, 0.1) is 17.0 Å². The summed E-state index contributed by atoms with van der Waals surface area (Å²) in [7, 11) is -4.07. The summed E-state index contributed by atoms with van der Waals surface area (Å²) in [6, 6.07) is 10.4. The smallest absolute Gasteiger partial charge is 0.369 e. The van der Waals surface area contributed by atoms with Gasteiger partial charge in [-0.3, -0.25) is 9.71 Å². The number of halogens is 4. The second-order valence-corrected chi connectivity index (χ2v) is 12.3. The highest BCUT2D eigenvalue weighted by molar-refractivity contribution is 7.91. The maximum Gasteiger partial charge on any atom is 0.416 e. The minimum absolute atomic E-state index is 0. The van der Waals surface area contributed by atoms with Crippen molar-refractivity contribution in [2.45, 2.75) is 32.3 Å². The number of benzene rings is 1. The van der Waals surface area contributed by atoms with Gasteiger partial charge < -0.3 is 9.88 Å². The van der Waals surface area contributed by atoms with Crippen molar-refractivity contribution in [1.82, 2.24) is 23.9 Å². The van der Waals surface area contributed by atoms with Crippen LogP contribution in [0, 0.1) is 13.8 Å². The third-order valence-electron chi connectivity index (χ3n) is 6.60. The number of sulfonamides is 1. The maximum atomic E-state index is 13.1. The highest BCUT2D eigenvalue weighted by Gasteiger charge is 2.31. The Hall–Kier alpha value is -4.08. The molecule has 0 saturated carbocycles. The van der Waals surface area contributed by atoms with Crippen molar-refractivity contribution >= 4 is 50.5 Å². The highest BCUT2D eigenvalue weighted by atomic mass is 35.5. The van der Waals surface area contributed by atoms with Crippen molar-refractivity contribution in [1.29, 1.82) is 0 Å². The molecule has 0 amide bonds. The summed E-state index contributed by atoms with van der Waals surface area (Å²) >= 11 is 1.27. The number of hydrogen-bond donors (Lipinski definition) is 2. The topological polar surface area (TPSA) is 127 Å². The molecule has 0 radical (unpaired) electrons. The van der Waals surface area contributed by atoms with Crippen LogP contribution in [0.4, 0.5) is 29.7 Å². The summed E-state index contributed by atoms with van der Waals surface area (Å²) in [6.07, 6.45) is -1.95. The molecule has 3 aliphatic heterocycles. The number of anilines is 2. The van der Waals surface area contributed by atoms with E-state index < -0.39 is 27.5 Å². The van der Waals surface area contributed by atoms with Gasteiger partial charge in [0.15, 0.2) is 0 Å². The molecule has 0 saturated heterocycles. The minimum Gasteiger partial charge on any atom is -0.369 e. The summed E-state index contributed by atoms with van der Waals surface area (Å²) in [5.41, 5.74) is 3.54. The molecule has 43 heavy (non-hydrogen) atoms. The Morgan fingerprint density at radius 2 is 1.91 bits per heavy atom. The van der Waals surface area contributed by atoms with Gasteiger partial charge in [0.1, 0.15) is 22.4 Å². The van der Waals surface area contributed by atoms with Crippen LogP contribution in [-0.4, -0.2) is 38.9 Å². The zero-order valence-electron chi connectivity index (χ0n) is 22.7. The third-order valence-corrected chi connectivity index (χ3v) is 8.60. The molecule has 10 nitrogen and oxygen atoms in total. The van der Waals surface area contributed by atoms with Crippen molar-refractivity contribution in [3.63, 3.8) is 0 Å². The fourth-order valence-electron chi connectivity index (χ4n) is 4.74. The lowest BCUT2D eigenvalue weighted by molar-refractivity contribution is -0.137. The largest absolute Gasteiger partial charge is 0.416 e. The SMILES string of the molecule is Cc1cc(/N=c2\ncc3cc(-c4cc(NS(=O)(=O)Cc5cc(C(F)(F)F)ccn5)ccc4C)c4n(c-3n2)CCN4)sn1.Cl. The second-order valence-electron chi connectivity index (χ2n) is 9.78. The molecule has 0 unspecified atom stereocenters. The van der Waals surface area contributed by atoms with E-state index in [1.165, 1.54) is 11.5 Å². The summed E-state index contributed by atoms with van der Waals surface area (Å²) in [4.78, 5) is 17.4. The van der Waals surface area contributed by atoms with Gasteiger partial charge >= 0.3 is 6.18 Å². The summed E-state index contributed by atoms with van der Waals surface area (Å²) in [5.74, 6) is 0.809. The molecular formula is C27H24ClF3N8O2S2. The molecule has 2 aromatic heterocycles. The van der Waals surface area contributed by atoms with Gasteiger partial charge in [0.25, 0.3) is 5.62 Å². The molecule has 1 aromatic carbocycles. The minimum atomic E-state index is -4.60. The average Bonchev–Trinajstić information content (AvgIpc) is 3.58. The number of aromatic nitrogens is 5. The van der Waals surface area contributed by atoms with Gasteiger partial charge in [0.2, 0.25) is 10.0 Å². The predicted molar refractivity (Wildman–Crippen MR) is 160 cm³/mol. The van der Waals surface area contributed by atoms with Crippen LogP contribution in [0.15, 0.2) is 59.9 Å². The molecule has 5 heterocycles. The Bertz CT molecular complexity index is 1980. The standard InChI is InChI=1S/C27H23F3N8O2S2.ClH/c1-15-3-4-19(37-42(39,40)14-20-11-18(5-6-31-20)27(28,29)30)12-21(15)22-10-17-13-33-26(34-23-9-16(2)36-41-23)35-24(17)38-8-7-32-25(22)38;/h3-6,9-13,32,37H,7-8,14H2,1-2H3;1H/b34-26+;. The highest BCUT2D eigenvalue weighted by Crippen LogP contribution is 2.39. The monoisotopic (exact) mass is 648 g/mol. The molecule has 16 heteroatoms. The van der Waals surface area contributed by atoms with E-state index in [0.29, 0.717) is 29.5 Å². The van der Waals surface area contributed by atoms with E-state index in [0.717, 1.165) is 52.1 Å². The quantitative estimate of drug-likeness (QED) is 0.247. The predicted octanol–water partition coefficient (Wildman–Crippen LogP) is 5.56. The van der Waals surface area contributed by atoms with E-state index in [4.69, 9.17) is 4.98 Å². The lowest BCUT2D eigenvalue weighted by atomic mass is 9.98. The number of hydrogen-bond acceptors (Lipinski definition) is 9. The number of alkyl halides is 3. The first-order valence-electron chi connectivity index (χ1n) is 12.7. The van der Waals surface area contributed by atoms with Crippen molar-refractivity contribution in [2.24, 2.45) is 4.99 Å². The summed E-state index contributed by atoms with van der Waals surface area (Å²) in [6.45, 7) is 5.13. The van der Waals surface area contributed by atoms with E-state index in [1.807, 2.05) is 30.5 Å². The maximum absolute atomic E-state index is 13.1. The molecule has 0 spiro atoms. The number of nitrogens with zero attached hydrogens (tertiary/aromatic N) is 6. The van der Waals surface area contributed by atoms with Crippen LogP contribution in [0.1, 0.15) is 22.5 Å². The van der Waals surface area contributed by atoms with E-state index in [9.17, 15) is 21.6 Å². The molecule has 0 bridgehead atoms. The Labute approximate surface area is 254 Å². The molecule has 0 atom stereocenters. The summed E-state index contributed by atoms with van der Waals surface area (Å²) in [5, 5.41) is 4.11.